The summed E-state index contributed by atoms with van der Waals surface area (Å²) >= 11 is 2.26. The van der Waals surface area contributed by atoms with Gasteiger partial charge >= 0.3 is 0 Å². The lowest BCUT2D eigenvalue weighted by Crippen LogP contribution is -2.48. The Labute approximate surface area is 163 Å². The summed E-state index contributed by atoms with van der Waals surface area (Å²) in [6.45, 7) is 6.42. The molecule has 0 saturated carbocycles. The topological polar surface area (TPSA) is 23.6 Å². The second-order valence-corrected chi connectivity index (χ2v) is 7.55. The fraction of sp³-hybridized carbons (Fsp3) is 0.286. The molecule has 1 fully saturated rings. The van der Waals surface area contributed by atoms with Crippen LogP contribution in [0.1, 0.15) is 21.5 Å². The summed E-state index contributed by atoms with van der Waals surface area (Å²) in [4.78, 5) is 17.1. The summed E-state index contributed by atoms with van der Waals surface area (Å²) in [6.07, 6.45) is 4.36. The van der Waals surface area contributed by atoms with Crippen molar-refractivity contribution in [3.05, 3.63) is 74.9 Å². The van der Waals surface area contributed by atoms with Crippen LogP contribution in [0.25, 0.3) is 6.08 Å². The first-order chi connectivity index (χ1) is 12.1. The summed E-state index contributed by atoms with van der Waals surface area (Å²) in [5.41, 5.74) is 3.24. The van der Waals surface area contributed by atoms with Gasteiger partial charge in [0.2, 0.25) is 0 Å². The van der Waals surface area contributed by atoms with E-state index in [-0.39, 0.29) is 5.91 Å². The number of hydrogen-bond donors (Lipinski definition) is 0. The lowest BCUT2D eigenvalue weighted by molar-refractivity contribution is 0.0649. The van der Waals surface area contributed by atoms with Crippen LogP contribution in [0.4, 0.5) is 0 Å². The first-order valence-electron chi connectivity index (χ1n) is 8.63. The minimum atomic E-state index is 0.156. The average Bonchev–Trinajstić information content (AvgIpc) is 2.63. The van der Waals surface area contributed by atoms with Gasteiger partial charge in [-0.1, -0.05) is 54.1 Å². The molecule has 0 aromatic heterocycles. The van der Waals surface area contributed by atoms with Gasteiger partial charge < -0.3 is 4.90 Å². The Hall–Kier alpha value is -1.66. The molecule has 1 aliphatic heterocycles. The Balaban J connectivity index is 1.51. The van der Waals surface area contributed by atoms with Crippen LogP contribution in [0.5, 0.6) is 0 Å². The lowest BCUT2D eigenvalue weighted by atomic mass is 10.1. The third-order valence-electron chi connectivity index (χ3n) is 4.49. The van der Waals surface area contributed by atoms with E-state index in [4.69, 9.17) is 0 Å². The number of benzene rings is 2. The molecular weight excluding hydrogens is 423 g/mol. The Morgan fingerprint density at radius 1 is 1.08 bits per heavy atom. The minimum absolute atomic E-state index is 0.156. The highest BCUT2D eigenvalue weighted by atomic mass is 127. The number of halogens is 1. The zero-order valence-electron chi connectivity index (χ0n) is 14.5. The van der Waals surface area contributed by atoms with Crippen molar-refractivity contribution in [3.8, 4) is 0 Å². The van der Waals surface area contributed by atoms with E-state index in [0.717, 1.165) is 41.9 Å². The van der Waals surface area contributed by atoms with Crippen LogP contribution in [0.2, 0.25) is 0 Å². The van der Waals surface area contributed by atoms with E-state index < -0.39 is 0 Å². The van der Waals surface area contributed by atoms with Gasteiger partial charge in [-0.3, -0.25) is 9.69 Å². The van der Waals surface area contributed by atoms with Crippen molar-refractivity contribution in [1.29, 1.82) is 0 Å². The molecule has 2 aromatic carbocycles. The van der Waals surface area contributed by atoms with Gasteiger partial charge in [0, 0.05) is 36.3 Å². The van der Waals surface area contributed by atoms with Crippen LogP contribution < -0.4 is 0 Å². The van der Waals surface area contributed by atoms with Crippen molar-refractivity contribution in [1.82, 2.24) is 9.80 Å². The molecule has 0 bridgehead atoms. The van der Waals surface area contributed by atoms with Crippen molar-refractivity contribution >= 4 is 34.6 Å². The van der Waals surface area contributed by atoms with Gasteiger partial charge in [0.05, 0.1) is 5.56 Å². The second kappa shape index (κ2) is 8.63. The van der Waals surface area contributed by atoms with Crippen LogP contribution in [0.3, 0.4) is 0 Å². The predicted molar refractivity (Wildman–Crippen MR) is 112 cm³/mol. The molecule has 1 heterocycles. The summed E-state index contributed by atoms with van der Waals surface area (Å²) in [7, 11) is 0. The molecule has 130 valence electrons. The van der Waals surface area contributed by atoms with Gasteiger partial charge in [-0.05, 0) is 47.2 Å². The van der Waals surface area contributed by atoms with Crippen molar-refractivity contribution in [2.75, 3.05) is 32.7 Å². The third-order valence-corrected chi connectivity index (χ3v) is 5.38. The van der Waals surface area contributed by atoms with Crippen molar-refractivity contribution in [2.45, 2.75) is 6.92 Å². The van der Waals surface area contributed by atoms with Crippen LogP contribution in [-0.2, 0) is 0 Å². The summed E-state index contributed by atoms with van der Waals surface area (Å²) < 4.78 is 1.04. The molecule has 25 heavy (non-hydrogen) atoms. The molecule has 0 atom stereocenters. The zero-order valence-corrected chi connectivity index (χ0v) is 16.6. The minimum Gasteiger partial charge on any atom is -0.336 e. The fourth-order valence-corrected chi connectivity index (χ4v) is 3.90. The average molecular weight is 446 g/mol. The first kappa shape index (κ1) is 18.1. The smallest absolute Gasteiger partial charge is 0.255 e. The Morgan fingerprint density at radius 3 is 2.48 bits per heavy atom. The van der Waals surface area contributed by atoms with Gasteiger partial charge in [0.15, 0.2) is 0 Å². The molecule has 3 rings (SSSR count). The molecule has 1 saturated heterocycles. The van der Waals surface area contributed by atoms with Gasteiger partial charge in [-0.15, -0.1) is 0 Å². The molecule has 0 unspecified atom stereocenters. The molecule has 0 radical (unpaired) electrons. The van der Waals surface area contributed by atoms with Crippen molar-refractivity contribution < 1.29 is 4.79 Å². The van der Waals surface area contributed by atoms with Crippen LogP contribution >= 0.6 is 22.6 Å². The van der Waals surface area contributed by atoms with Crippen LogP contribution in [-0.4, -0.2) is 48.4 Å². The van der Waals surface area contributed by atoms with Gasteiger partial charge in [0.1, 0.15) is 0 Å². The highest BCUT2D eigenvalue weighted by Crippen LogP contribution is 2.17. The largest absolute Gasteiger partial charge is 0.336 e. The Morgan fingerprint density at radius 2 is 1.80 bits per heavy atom. The highest BCUT2D eigenvalue weighted by Gasteiger charge is 2.22. The van der Waals surface area contributed by atoms with E-state index >= 15 is 0 Å². The molecule has 2 aromatic rings. The summed E-state index contributed by atoms with van der Waals surface area (Å²) in [5, 5.41) is 0. The zero-order chi connectivity index (χ0) is 17.6. The van der Waals surface area contributed by atoms with Crippen LogP contribution in [0.15, 0.2) is 54.6 Å². The quantitative estimate of drug-likeness (QED) is 0.662. The lowest BCUT2D eigenvalue weighted by Gasteiger charge is -2.34. The molecule has 1 amide bonds. The maximum atomic E-state index is 12.7. The number of piperazine rings is 1. The summed E-state index contributed by atoms with van der Waals surface area (Å²) in [6, 6.07) is 16.4. The maximum Gasteiger partial charge on any atom is 0.255 e. The Bertz CT molecular complexity index is 750. The van der Waals surface area contributed by atoms with Gasteiger partial charge in [0.25, 0.3) is 5.91 Å². The molecule has 4 heteroatoms. The molecule has 0 N–H and O–H groups in total. The number of aryl methyl sites for hydroxylation is 1. The van der Waals surface area contributed by atoms with E-state index in [1.165, 1.54) is 11.1 Å². The standard InChI is InChI=1S/C21H23IN2O/c1-17-9-10-19(20(22)16-17)21(25)24-14-12-23(13-15-24)11-5-8-18-6-3-2-4-7-18/h2-10,16H,11-15H2,1H3/b8-5+. The third kappa shape index (κ3) is 4.92. The number of carbonyl (C=O) groups is 1. The maximum absolute atomic E-state index is 12.7. The SMILES string of the molecule is Cc1ccc(C(=O)N2CCN(C/C=C/c3ccccc3)CC2)c(I)c1. The molecule has 1 aliphatic rings. The van der Waals surface area contributed by atoms with E-state index in [2.05, 4.69) is 76.9 Å². The molecular formula is C21H23IN2O. The highest BCUT2D eigenvalue weighted by molar-refractivity contribution is 14.1. The van der Waals surface area contributed by atoms with E-state index in [9.17, 15) is 4.79 Å². The molecule has 3 nitrogen and oxygen atoms in total. The van der Waals surface area contributed by atoms with E-state index in [0.29, 0.717) is 0 Å². The number of amides is 1. The molecule has 0 aliphatic carbocycles. The number of hydrogen-bond acceptors (Lipinski definition) is 2. The van der Waals surface area contributed by atoms with Gasteiger partial charge in [-0.2, -0.15) is 0 Å². The van der Waals surface area contributed by atoms with Crippen molar-refractivity contribution in [2.24, 2.45) is 0 Å². The Kier molecular flexibility index (Phi) is 6.26. The first-order valence-corrected chi connectivity index (χ1v) is 9.71. The number of nitrogens with zero attached hydrogens (tertiary/aromatic N) is 2. The fourth-order valence-electron chi connectivity index (χ4n) is 3.00. The number of rotatable bonds is 4. The second-order valence-electron chi connectivity index (χ2n) is 6.39. The number of carbonyl (C=O) groups excluding carboxylic acids is 1. The van der Waals surface area contributed by atoms with Crippen LogP contribution in [0, 0.1) is 10.5 Å². The monoisotopic (exact) mass is 446 g/mol. The van der Waals surface area contributed by atoms with Gasteiger partial charge in [-0.25, -0.2) is 0 Å². The normalized spacial score (nSPS) is 15.7. The molecule has 0 spiro atoms. The van der Waals surface area contributed by atoms with E-state index in [1.54, 1.807) is 0 Å². The summed E-state index contributed by atoms with van der Waals surface area (Å²) in [5.74, 6) is 0.156. The predicted octanol–water partition coefficient (Wildman–Crippen LogP) is 4.07. The van der Waals surface area contributed by atoms with Crippen molar-refractivity contribution in [3.63, 3.8) is 0 Å². The van der Waals surface area contributed by atoms with E-state index in [1.807, 2.05) is 23.1 Å².